The molecule has 1 aliphatic heterocycles. The summed E-state index contributed by atoms with van der Waals surface area (Å²) in [6.07, 6.45) is 4.00. The van der Waals surface area contributed by atoms with E-state index in [0.717, 1.165) is 35.5 Å². The quantitative estimate of drug-likeness (QED) is 0.862. The lowest BCUT2D eigenvalue weighted by Crippen LogP contribution is -2.38. The van der Waals surface area contributed by atoms with Crippen LogP contribution in [0.15, 0.2) is 34.9 Å². The van der Waals surface area contributed by atoms with Crippen molar-refractivity contribution in [1.82, 2.24) is 20.4 Å². The summed E-state index contributed by atoms with van der Waals surface area (Å²) in [5.41, 5.74) is 2.43. The lowest BCUT2D eigenvalue weighted by Gasteiger charge is -2.22. The van der Waals surface area contributed by atoms with Gasteiger partial charge in [0, 0.05) is 11.0 Å². The third-order valence-electron chi connectivity index (χ3n) is 4.28. The molecule has 23 heavy (non-hydrogen) atoms. The van der Waals surface area contributed by atoms with Crippen molar-refractivity contribution in [3.8, 4) is 5.69 Å². The van der Waals surface area contributed by atoms with Crippen LogP contribution in [0.2, 0.25) is 0 Å². The van der Waals surface area contributed by atoms with Crippen molar-refractivity contribution in [2.45, 2.75) is 19.8 Å². The smallest absolute Gasteiger partial charge is 0.254 e. The maximum atomic E-state index is 12.4. The first-order chi connectivity index (χ1) is 11.1. The molecule has 0 spiro atoms. The minimum absolute atomic E-state index is 0.0450. The molecule has 3 rings (SSSR count). The van der Waals surface area contributed by atoms with Crippen molar-refractivity contribution in [2.75, 3.05) is 19.6 Å². The zero-order valence-corrected chi connectivity index (χ0v) is 14.8. The van der Waals surface area contributed by atoms with Crippen LogP contribution >= 0.6 is 15.9 Å². The highest BCUT2D eigenvalue weighted by Crippen LogP contribution is 2.17. The molecule has 5 nitrogen and oxygen atoms in total. The van der Waals surface area contributed by atoms with Crippen LogP contribution in [0, 0.1) is 12.8 Å². The zero-order valence-electron chi connectivity index (χ0n) is 13.2. The molecular formula is C17H21BrN4O. The number of nitrogens with zero attached hydrogens (tertiary/aromatic N) is 2. The van der Waals surface area contributed by atoms with Crippen LogP contribution in [0.3, 0.4) is 0 Å². The summed E-state index contributed by atoms with van der Waals surface area (Å²) in [5, 5.41) is 10.8. The van der Waals surface area contributed by atoms with E-state index in [1.807, 2.05) is 31.2 Å². The number of carbonyl (C=O) groups excluding carboxylic acids is 1. The van der Waals surface area contributed by atoms with Crippen LogP contribution in [0.4, 0.5) is 0 Å². The lowest BCUT2D eigenvalue weighted by atomic mass is 10.00. The van der Waals surface area contributed by atoms with E-state index in [1.165, 1.54) is 12.8 Å². The van der Waals surface area contributed by atoms with Crippen LogP contribution in [0.5, 0.6) is 0 Å². The molecule has 6 heteroatoms. The van der Waals surface area contributed by atoms with Gasteiger partial charge in [-0.3, -0.25) is 4.79 Å². The number of halogens is 1. The van der Waals surface area contributed by atoms with Gasteiger partial charge in [0.15, 0.2) is 0 Å². The first-order valence-electron chi connectivity index (χ1n) is 7.94. The van der Waals surface area contributed by atoms with Gasteiger partial charge in [0.2, 0.25) is 0 Å². The number of carbonyl (C=O) groups is 1. The highest BCUT2D eigenvalue weighted by atomic mass is 79.9. The topological polar surface area (TPSA) is 59.0 Å². The number of hydrogen-bond acceptors (Lipinski definition) is 3. The number of rotatable bonds is 4. The predicted molar refractivity (Wildman–Crippen MR) is 93.9 cm³/mol. The van der Waals surface area contributed by atoms with Gasteiger partial charge in [-0.05, 0) is 63.0 Å². The van der Waals surface area contributed by atoms with E-state index in [-0.39, 0.29) is 5.91 Å². The molecule has 1 amide bonds. The van der Waals surface area contributed by atoms with Gasteiger partial charge in [-0.15, -0.1) is 0 Å². The van der Waals surface area contributed by atoms with E-state index in [1.54, 1.807) is 10.9 Å². The van der Waals surface area contributed by atoms with E-state index in [4.69, 9.17) is 0 Å². The fourth-order valence-electron chi connectivity index (χ4n) is 2.91. The molecule has 0 bridgehead atoms. The Labute approximate surface area is 144 Å². The Balaban J connectivity index is 1.68. The second-order valence-electron chi connectivity index (χ2n) is 5.95. The Bertz CT molecular complexity index is 674. The van der Waals surface area contributed by atoms with Gasteiger partial charge in [-0.1, -0.05) is 15.9 Å². The molecule has 2 N–H and O–H groups in total. The van der Waals surface area contributed by atoms with Crippen LogP contribution in [-0.2, 0) is 0 Å². The van der Waals surface area contributed by atoms with Gasteiger partial charge >= 0.3 is 0 Å². The molecule has 2 heterocycles. The molecule has 1 fully saturated rings. The number of amides is 1. The van der Waals surface area contributed by atoms with Crippen molar-refractivity contribution in [1.29, 1.82) is 0 Å². The van der Waals surface area contributed by atoms with E-state index >= 15 is 0 Å². The van der Waals surface area contributed by atoms with Gasteiger partial charge in [-0.2, -0.15) is 5.10 Å². The SMILES string of the molecule is Cc1c(C(=O)NCC2CCCNC2)cnn1-c1ccc(Br)cc1. The average molecular weight is 377 g/mol. The summed E-state index contributed by atoms with van der Waals surface area (Å²) in [7, 11) is 0. The summed E-state index contributed by atoms with van der Waals surface area (Å²) >= 11 is 3.42. The summed E-state index contributed by atoms with van der Waals surface area (Å²) < 4.78 is 2.81. The molecule has 1 saturated heterocycles. The van der Waals surface area contributed by atoms with E-state index in [9.17, 15) is 4.79 Å². The predicted octanol–water partition coefficient (Wildman–Crippen LogP) is 2.67. The Morgan fingerprint density at radius 3 is 2.91 bits per heavy atom. The van der Waals surface area contributed by atoms with Gasteiger partial charge in [0.1, 0.15) is 0 Å². The van der Waals surface area contributed by atoms with Crippen molar-refractivity contribution < 1.29 is 4.79 Å². The molecule has 1 atom stereocenters. The Kier molecular flexibility index (Phi) is 5.13. The number of nitrogens with one attached hydrogen (secondary N) is 2. The minimum Gasteiger partial charge on any atom is -0.352 e. The van der Waals surface area contributed by atoms with Gasteiger partial charge in [0.05, 0.1) is 23.1 Å². The Morgan fingerprint density at radius 2 is 2.22 bits per heavy atom. The summed E-state index contributed by atoms with van der Waals surface area (Å²) in [4.78, 5) is 12.4. The summed E-state index contributed by atoms with van der Waals surface area (Å²) in [5.74, 6) is 0.478. The normalized spacial score (nSPS) is 17.9. The fraction of sp³-hybridized carbons (Fsp3) is 0.412. The van der Waals surface area contributed by atoms with Gasteiger partial charge in [-0.25, -0.2) is 4.68 Å². The van der Waals surface area contributed by atoms with Crippen LogP contribution in [-0.4, -0.2) is 35.3 Å². The molecule has 2 aromatic rings. The third-order valence-corrected chi connectivity index (χ3v) is 4.80. The van der Waals surface area contributed by atoms with Crippen molar-refractivity contribution in [2.24, 2.45) is 5.92 Å². The summed E-state index contributed by atoms with van der Waals surface area (Å²) in [6.45, 7) is 4.71. The molecule has 122 valence electrons. The molecule has 1 aliphatic rings. The highest BCUT2D eigenvalue weighted by Gasteiger charge is 2.18. The van der Waals surface area contributed by atoms with Crippen LogP contribution in [0.1, 0.15) is 28.9 Å². The highest BCUT2D eigenvalue weighted by molar-refractivity contribution is 9.10. The van der Waals surface area contributed by atoms with Crippen molar-refractivity contribution >= 4 is 21.8 Å². The number of hydrogen-bond donors (Lipinski definition) is 2. The maximum Gasteiger partial charge on any atom is 0.254 e. The van der Waals surface area contributed by atoms with Crippen LogP contribution in [0.25, 0.3) is 5.69 Å². The third kappa shape index (κ3) is 3.82. The number of piperidine rings is 1. The first-order valence-corrected chi connectivity index (χ1v) is 8.74. The van der Waals surface area contributed by atoms with Gasteiger partial charge < -0.3 is 10.6 Å². The second-order valence-corrected chi connectivity index (χ2v) is 6.87. The molecule has 0 radical (unpaired) electrons. The zero-order chi connectivity index (χ0) is 16.2. The maximum absolute atomic E-state index is 12.4. The first kappa shape index (κ1) is 16.2. The Hall–Kier alpha value is -1.66. The number of aromatic nitrogens is 2. The van der Waals surface area contributed by atoms with E-state index in [0.29, 0.717) is 11.5 Å². The van der Waals surface area contributed by atoms with Crippen LogP contribution < -0.4 is 10.6 Å². The Morgan fingerprint density at radius 1 is 1.43 bits per heavy atom. The molecule has 1 unspecified atom stereocenters. The second kappa shape index (κ2) is 7.27. The average Bonchev–Trinajstić information content (AvgIpc) is 2.96. The summed E-state index contributed by atoms with van der Waals surface area (Å²) in [6, 6.07) is 7.87. The molecular weight excluding hydrogens is 356 g/mol. The van der Waals surface area contributed by atoms with E-state index in [2.05, 4.69) is 31.7 Å². The standard InChI is InChI=1S/C17H21BrN4O/c1-12-16(17(23)20-10-13-3-2-8-19-9-13)11-21-22(12)15-6-4-14(18)5-7-15/h4-7,11,13,19H,2-3,8-10H2,1H3,(H,20,23). The molecule has 1 aromatic carbocycles. The lowest BCUT2D eigenvalue weighted by molar-refractivity contribution is 0.0944. The largest absolute Gasteiger partial charge is 0.352 e. The molecule has 1 aromatic heterocycles. The van der Waals surface area contributed by atoms with Gasteiger partial charge in [0.25, 0.3) is 5.91 Å². The molecule has 0 aliphatic carbocycles. The molecule has 0 saturated carbocycles. The number of benzene rings is 1. The van der Waals surface area contributed by atoms with Crippen molar-refractivity contribution in [3.05, 3.63) is 46.2 Å². The fourth-order valence-corrected chi connectivity index (χ4v) is 3.17. The van der Waals surface area contributed by atoms with E-state index < -0.39 is 0 Å². The monoisotopic (exact) mass is 376 g/mol. The van der Waals surface area contributed by atoms with Crippen molar-refractivity contribution in [3.63, 3.8) is 0 Å². The minimum atomic E-state index is -0.0450.